The quantitative estimate of drug-likeness (QED) is 0.731. The van der Waals surface area contributed by atoms with Crippen molar-refractivity contribution in [3.8, 4) is 10.6 Å². The molecule has 1 unspecified atom stereocenters. The molecular formula is C10H8NOS2. The van der Waals surface area contributed by atoms with E-state index in [-0.39, 0.29) is 0 Å². The van der Waals surface area contributed by atoms with Crippen LogP contribution in [0.15, 0.2) is 34.7 Å². The molecule has 0 saturated carbocycles. The SMILES string of the molecule is C[S+]([O-])c1cc[c]c(-c2cccs2)n1. The number of rotatable bonds is 2. The van der Waals surface area contributed by atoms with Gasteiger partial charge in [-0.2, -0.15) is 0 Å². The predicted molar refractivity (Wildman–Crippen MR) is 58.7 cm³/mol. The summed E-state index contributed by atoms with van der Waals surface area (Å²) in [5.41, 5.74) is 0.771. The highest BCUT2D eigenvalue weighted by molar-refractivity contribution is 7.90. The second-order valence-corrected chi connectivity index (χ2v) is 4.98. The maximum absolute atomic E-state index is 11.2. The highest BCUT2D eigenvalue weighted by atomic mass is 32.2. The van der Waals surface area contributed by atoms with Gasteiger partial charge in [0.1, 0.15) is 6.26 Å². The summed E-state index contributed by atoms with van der Waals surface area (Å²) in [6.07, 6.45) is 1.63. The van der Waals surface area contributed by atoms with Crippen molar-refractivity contribution in [2.45, 2.75) is 5.03 Å². The molecule has 2 nitrogen and oxygen atoms in total. The van der Waals surface area contributed by atoms with Crippen LogP contribution in [0, 0.1) is 6.07 Å². The molecule has 1 atom stereocenters. The van der Waals surface area contributed by atoms with Gasteiger partial charge >= 0.3 is 0 Å². The normalized spacial score (nSPS) is 12.7. The van der Waals surface area contributed by atoms with Gasteiger partial charge in [0.15, 0.2) is 0 Å². The van der Waals surface area contributed by atoms with E-state index in [2.05, 4.69) is 11.1 Å². The lowest BCUT2D eigenvalue weighted by Crippen LogP contribution is -2.00. The zero-order valence-electron chi connectivity index (χ0n) is 7.56. The van der Waals surface area contributed by atoms with Crippen LogP contribution in [0.4, 0.5) is 0 Å². The largest absolute Gasteiger partial charge is 0.610 e. The van der Waals surface area contributed by atoms with Crippen molar-refractivity contribution >= 4 is 22.5 Å². The second-order valence-electron chi connectivity index (χ2n) is 2.71. The minimum Gasteiger partial charge on any atom is -0.610 e. The van der Waals surface area contributed by atoms with E-state index >= 15 is 0 Å². The molecule has 0 aliphatic rings. The molecule has 71 valence electrons. The van der Waals surface area contributed by atoms with Crippen LogP contribution >= 0.6 is 11.3 Å². The van der Waals surface area contributed by atoms with Crippen LogP contribution in [0.2, 0.25) is 0 Å². The molecule has 4 heteroatoms. The fraction of sp³-hybridized carbons (Fsp3) is 0.100. The van der Waals surface area contributed by atoms with Gasteiger partial charge in [-0.3, -0.25) is 0 Å². The van der Waals surface area contributed by atoms with Gasteiger partial charge < -0.3 is 4.55 Å². The van der Waals surface area contributed by atoms with Gasteiger partial charge in [0, 0.05) is 23.3 Å². The standard InChI is InChI=1S/C10H8NOS2/c1-14(12)10-6-2-4-8(11-10)9-5-3-7-13-9/h2-3,5-7H,1H3. The summed E-state index contributed by atoms with van der Waals surface area (Å²) in [6.45, 7) is 0. The molecule has 0 aliphatic carbocycles. The highest BCUT2D eigenvalue weighted by Gasteiger charge is 2.08. The third kappa shape index (κ3) is 1.97. The van der Waals surface area contributed by atoms with E-state index in [1.807, 2.05) is 17.5 Å². The first-order valence-electron chi connectivity index (χ1n) is 4.03. The van der Waals surface area contributed by atoms with E-state index in [0.29, 0.717) is 5.03 Å². The Morgan fingerprint density at radius 2 is 2.36 bits per heavy atom. The molecule has 2 heterocycles. The van der Waals surface area contributed by atoms with Crippen molar-refractivity contribution in [2.75, 3.05) is 6.26 Å². The lowest BCUT2D eigenvalue weighted by atomic mass is 10.3. The van der Waals surface area contributed by atoms with Crippen molar-refractivity contribution in [1.29, 1.82) is 0 Å². The first-order chi connectivity index (χ1) is 6.77. The van der Waals surface area contributed by atoms with E-state index in [4.69, 9.17) is 0 Å². The van der Waals surface area contributed by atoms with E-state index in [1.54, 1.807) is 29.7 Å². The summed E-state index contributed by atoms with van der Waals surface area (Å²) >= 11 is 0.576. The number of thiophene rings is 1. The second kappa shape index (κ2) is 4.13. The Morgan fingerprint density at radius 1 is 1.50 bits per heavy atom. The third-order valence-electron chi connectivity index (χ3n) is 1.72. The van der Waals surface area contributed by atoms with Gasteiger partial charge in [-0.15, -0.1) is 11.3 Å². The molecule has 2 aromatic rings. The number of nitrogens with zero attached hydrogens (tertiary/aromatic N) is 1. The van der Waals surface area contributed by atoms with Crippen LogP contribution in [-0.2, 0) is 11.2 Å². The average molecular weight is 222 g/mol. The molecule has 2 aromatic heterocycles. The summed E-state index contributed by atoms with van der Waals surface area (Å²) in [7, 11) is 0. The predicted octanol–water partition coefficient (Wildman–Crippen LogP) is 2.35. The number of aromatic nitrogens is 1. The van der Waals surface area contributed by atoms with Crippen LogP contribution in [0.5, 0.6) is 0 Å². The zero-order chi connectivity index (χ0) is 9.97. The molecule has 2 rings (SSSR count). The monoisotopic (exact) mass is 222 g/mol. The third-order valence-corrected chi connectivity index (χ3v) is 3.41. The average Bonchev–Trinajstić information content (AvgIpc) is 2.71. The first-order valence-corrected chi connectivity index (χ1v) is 6.47. The Bertz CT molecular complexity index is 412. The van der Waals surface area contributed by atoms with E-state index < -0.39 is 11.2 Å². The summed E-state index contributed by atoms with van der Waals surface area (Å²) in [5.74, 6) is 0. The lowest BCUT2D eigenvalue weighted by Gasteiger charge is -2.03. The van der Waals surface area contributed by atoms with Gasteiger partial charge in [-0.1, -0.05) is 6.07 Å². The zero-order valence-corrected chi connectivity index (χ0v) is 9.19. The van der Waals surface area contributed by atoms with E-state index in [0.717, 1.165) is 10.6 Å². The van der Waals surface area contributed by atoms with Crippen LogP contribution in [-0.4, -0.2) is 15.8 Å². The summed E-state index contributed by atoms with van der Waals surface area (Å²) in [4.78, 5) is 5.32. The van der Waals surface area contributed by atoms with Crippen LogP contribution < -0.4 is 0 Å². The lowest BCUT2D eigenvalue weighted by molar-refractivity contribution is 0.597. The van der Waals surface area contributed by atoms with Gasteiger partial charge in [-0.05, 0) is 17.5 Å². The van der Waals surface area contributed by atoms with Gasteiger partial charge in [0.05, 0.1) is 10.6 Å². The molecule has 0 saturated heterocycles. The molecule has 0 aliphatic heterocycles. The molecular weight excluding hydrogens is 214 g/mol. The van der Waals surface area contributed by atoms with Gasteiger partial charge in [0.2, 0.25) is 5.03 Å². The topological polar surface area (TPSA) is 36.0 Å². The Morgan fingerprint density at radius 3 is 3.00 bits per heavy atom. The van der Waals surface area contributed by atoms with E-state index in [9.17, 15) is 4.55 Å². The van der Waals surface area contributed by atoms with Crippen LogP contribution in [0.25, 0.3) is 10.6 Å². The molecule has 0 N–H and O–H groups in total. The molecule has 14 heavy (non-hydrogen) atoms. The van der Waals surface area contributed by atoms with Crippen LogP contribution in [0.3, 0.4) is 0 Å². The number of hydrogen-bond donors (Lipinski definition) is 0. The van der Waals surface area contributed by atoms with Crippen LogP contribution in [0.1, 0.15) is 0 Å². The molecule has 0 aromatic carbocycles. The Hall–Kier alpha value is -0.840. The highest BCUT2D eigenvalue weighted by Crippen LogP contribution is 2.22. The first kappa shape index (κ1) is 9.71. The maximum atomic E-state index is 11.2. The minimum absolute atomic E-state index is 0.604. The van der Waals surface area contributed by atoms with Gasteiger partial charge in [0.25, 0.3) is 0 Å². The summed E-state index contributed by atoms with van der Waals surface area (Å²) < 4.78 is 11.2. The molecule has 0 spiro atoms. The van der Waals surface area contributed by atoms with Crippen molar-refractivity contribution in [1.82, 2.24) is 4.98 Å². The Labute approximate surface area is 89.8 Å². The number of pyridine rings is 1. The van der Waals surface area contributed by atoms with Crippen molar-refractivity contribution < 1.29 is 4.55 Å². The molecule has 0 bridgehead atoms. The molecule has 1 radical (unpaired) electrons. The smallest absolute Gasteiger partial charge is 0.244 e. The fourth-order valence-electron chi connectivity index (χ4n) is 1.07. The Balaban J connectivity index is 2.41. The summed E-state index contributed by atoms with van der Waals surface area (Å²) in [6, 6.07) is 10.5. The minimum atomic E-state index is -1.03. The van der Waals surface area contributed by atoms with Crippen molar-refractivity contribution in [3.05, 3.63) is 35.7 Å². The maximum Gasteiger partial charge on any atom is 0.244 e. The van der Waals surface area contributed by atoms with Crippen molar-refractivity contribution in [3.63, 3.8) is 0 Å². The molecule has 0 fully saturated rings. The van der Waals surface area contributed by atoms with Gasteiger partial charge in [-0.25, -0.2) is 4.98 Å². The van der Waals surface area contributed by atoms with Crippen molar-refractivity contribution in [2.24, 2.45) is 0 Å². The molecule has 0 amide bonds. The Kier molecular flexibility index (Phi) is 2.86. The van der Waals surface area contributed by atoms with E-state index in [1.165, 1.54) is 0 Å². The fourth-order valence-corrected chi connectivity index (χ4v) is 2.23. The number of hydrogen-bond acceptors (Lipinski definition) is 3. The summed E-state index contributed by atoms with van der Waals surface area (Å²) in [5, 5.41) is 2.59.